The molecule has 0 fully saturated rings. The minimum Gasteiger partial charge on any atom is -0.324 e. The molecule has 1 aromatic carbocycles. The van der Waals surface area contributed by atoms with Crippen LogP contribution in [0, 0.1) is 6.92 Å². The second-order valence-corrected chi connectivity index (χ2v) is 4.21. The van der Waals surface area contributed by atoms with E-state index in [0.717, 1.165) is 20.6 Å². The average Bonchev–Trinajstić information content (AvgIpc) is 1.96. The first-order valence-corrected chi connectivity index (χ1v) is 4.90. The fraction of sp³-hybridized carbons (Fsp3) is 0.333. The van der Waals surface area contributed by atoms with Crippen LogP contribution >= 0.6 is 27.5 Å². The Morgan fingerprint density at radius 1 is 1.50 bits per heavy atom. The fourth-order valence-corrected chi connectivity index (χ4v) is 1.97. The second kappa shape index (κ2) is 3.77. The Morgan fingerprint density at radius 3 is 2.58 bits per heavy atom. The Bertz CT molecular complexity index is 297. The van der Waals surface area contributed by atoms with Crippen LogP contribution in [0.2, 0.25) is 5.02 Å². The van der Waals surface area contributed by atoms with Gasteiger partial charge in [0.05, 0.1) is 0 Å². The van der Waals surface area contributed by atoms with E-state index in [9.17, 15) is 0 Å². The molecule has 1 nitrogen and oxygen atoms in total. The van der Waals surface area contributed by atoms with Gasteiger partial charge >= 0.3 is 0 Å². The molecule has 0 aromatic heterocycles. The molecule has 3 heteroatoms. The van der Waals surface area contributed by atoms with Crippen molar-refractivity contribution in [1.29, 1.82) is 0 Å². The topological polar surface area (TPSA) is 26.0 Å². The third kappa shape index (κ3) is 2.00. The molecule has 1 atom stereocenters. The van der Waals surface area contributed by atoms with Crippen LogP contribution in [0.4, 0.5) is 0 Å². The maximum Gasteiger partial charge on any atom is 0.0449 e. The van der Waals surface area contributed by atoms with E-state index in [1.807, 2.05) is 26.0 Å². The van der Waals surface area contributed by atoms with E-state index < -0.39 is 0 Å². The summed E-state index contributed by atoms with van der Waals surface area (Å²) in [4.78, 5) is 0. The zero-order valence-electron chi connectivity index (χ0n) is 7.07. The van der Waals surface area contributed by atoms with Gasteiger partial charge in [-0.05, 0) is 37.1 Å². The lowest BCUT2D eigenvalue weighted by Gasteiger charge is -2.11. The molecule has 0 spiro atoms. The van der Waals surface area contributed by atoms with Crippen molar-refractivity contribution in [2.45, 2.75) is 19.9 Å². The first-order chi connectivity index (χ1) is 5.52. The molecule has 0 amide bonds. The third-order valence-electron chi connectivity index (χ3n) is 1.84. The highest BCUT2D eigenvalue weighted by Gasteiger charge is 2.07. The quantitative estimate of drug-likeness (QED) is 0.810. The van der Waals surface area contributed by atoms with Gasteiger partial charge in [0.1, 0.15) is 0 Å². The molecule has 0 heterocycles. The summed E-state index contributed by atoms with van der Waals surface area (Å²) in [5, 5.41) is 0.761. The van der Waals surface area contributed by atoms with Crippen LogP contribution in [0.3, 0.4) is 0 Å². The van der Waals surface area contributed by atoms with E-state index in [1.165, 1.54) is 0 Å². The van der Waals surface area contributed by atoms with Crippen LogP contribution in [-0.4, -0.2) is 0 Å². The molecule has 0 aliphatic carbocycles. The summed E-state index contributed by atoms with van der Waals surface area (Å²) in [5.74, 6) is 0. The highest BCUT2D eigenvalue weighted by atomic mass is 79.9. The fourth-order valence-electron chi connectivity index (χ4n) is 1.14. The number of hydrogen-bond acceptors (Lipinski definition) is 1. The van der Waals surface area contributed by atoms with Gasteiger partial charge in [-0.2, -0.15) is 0 Å². The van der Waals surface area contributed by atoms with Crippen molar-refractivity contribution in [3.8, 4) is 0 Å². The SMILES string of the molecule is Cc1c(Cl)cc(Br)cc1C(C)N. The first kappa shape index (κ1) is 10.0. The van der Waals surface area contributed by atoms with Gasteiger partial charge in [0, 0.05) is 15.5 Å². The van der Waals surface area contributed by atoms with Gasteiger partial charge in [0.15, 0.2) is 0 Å². The number of halogens is 2. The number of rotatable bonds is 1. The summed E-state index contributed by atoms with van der Waals surface area (Å²) in [6.07, 6.45) is 0. The largest absolute Gasteiger partial charge is 0.324 e. The minimum atomic E-state index is 0.0278. The summed E-state index contributed by atoms with van der Waals surface area (Å²) in [5.41, 5.74) is 7.93. The van der Waals surface area contributed by atoms with E-state index in [0.29, 0.717) is 0 Å². The van der Waals surface area contributed by atoms with E-state index in [4.69, 9.17) is 17.3 Å². The Labute approximate surface area is 86.0 Å². The van der Waals surface area contributed by atoms with Crippen molar-refractivity contribution in [3.05, 3.63) is 32.8 Å². The summed E-state index contributed by atoms with van der Waals surface area (Å²) in [6, 6.07) is 3.91. The van der Waals surface area contributed by atoms with Gasteiger partial charge in [-0.25, -0.2) is 0 Å². The van der Waals surface area contributed by atoms with Gasteiger partial charge < -0.3 is 5.73 Å². The zero-order valence-corrected chi connectivity index (χ0v) is 9.41. The Hall–Kier alpha value is -0.0500. The molecule has 0 bridgehead atoms. The summed E-state index contributed by atoms with van der Waals surface area (Å²) >= 11 is 9.35. The Morgan fingerprint density at radius 2 is 2.08 bits per heavy atom. The maximum absolute atomic E-state index is 5.98. The molecule has 0 saturated heterocycles. The summed E-state index contributed by atoms with van der Waals surface area (Å²) in [7, 11) is 0. The highest BCUT2D eigenvalue weighted by Crippen LogP contribution is 2.27. The predicted octanol–water partition coefficient (Wildman–Crippen LogP) is 3.43. The number of hydrogen-bond donors (Lipinski definition) is 1. The van der Waals surface area contributed by atoms with Gasteiger partial charge in [-0.15, -0.1) is 0 Å². The van der Waals surface area contributed by atoms with Crippen LogP contribution in [0.15, 0.2) is 16.6 Å². The van der Waals surface area contributed by atoms with Gasteiger partial charge in [-0.3, -0.25) is 0 Å². The van der Waals surface area contributed by atoms with Crippen molar-refractivity contribution in [1.82, 2.24) is 0 Å². The molecule has 2 N–H and O–H groups in total. The van der Waals surface area contributed by atoms with E-state index in [2.05, 4.69) is 15.9 Å². The molecule has 0 aliphatic heterocycles. The molecule has 1 unspecified atom stereocenters. The lowest BCUT2D eigenvalue weighted by Crippen LogP contribution is -2.07. The molecule has 0 saturated carbocycles. The molecule has 1 rings (SSSR count). The van der Waals surface area contributed by atoms with Crippen LogP contribution in [0.1, 0.15) is 24.1 Å². The second-order valence-electron chi connectivity index (χ2n) is 2.89. The summed E-state index contributed by atoms with van der Waals surface area (Å²) in [6.45, 7) is 3.93. The van der Waals surface area contributed by atoms with Crippen LogP contribution < -0.4 is 5.73 Å². The van der Waals surface area contributed by atoms with Crippen molar-refractivity contribution in [2.24, 2.45) is 5.73 Å². The number of nitrogens with two attached hydrogens (primary N) is 1. The standard InChI is InChI=1S/C9H11BrClN/c1-5-8(6(2)12)3-7(10)4-9(5)11/h3-4,6H,12H2,1-2H3. The molecular weight excluding hydrogens is 237 g/mol. The smallest absolute Gasteiger partial charge is 0.0449 e. The third-order valence-corrected chi connectivity index (χ3v) is 2.69. The monoisotopic (exact) mass is 247 g/mol. The first-order valence-electron chi connectivity index (χ1n) is 3.73. The molecule has 1 aromatic rings. The average molecular weight is 249 g/mol. The van der Waals surface area contributed by atoms with Gasteiger partial charge in [0.25, 0.3) is 0 Å². The van der Waals surface area contributed by atoms with Crippen LogP contribution in [0.25, 0.3) is 0 Å². The lowest BCUT2D eigenvalue weighted by molar-refractivity contribution is 0.809. The normalized spacial score (nSPS) is 13.1. The number of benzene rings is 1. The minimum absolute atomic E-state index is 0.0278. The molecule has 0 radical (unpaired) electrons. The van der Waals surface area contributed by atoms with Gasteiger partial charge in [-0.1, -0.05) is 27.5 Å². The van der Waals surface area contributed by atoms with E-state index >= 15 is 0 Å². The maximum atomic E-state index is 5.98. The van der Waals surface area contributed by atoms with Crippen molar-refractivity contribution in [3.63, 3.8) is 0 Å². The molecule has 12 heavy (non-hydrogen) atoms. The Kier molecular flexibility index (Phi) is 3.16. The lowest BCUT2D eigenvalue weighted by atomic mass is 10.0. The van der Waals surface area contributed by atoms with Crippen LogP contribution in [0.5, 0.6) is 0 Å². The zero-order chi connectivity index (χ0) is 9.30. The highest BCUT2D eigenvalue weighted by molar-refractivity contribution is 9.10. The van der Waals surface area contributed by atoms with E-state index in [-0.39, 0.29) is 6.04 Å². The molecule has 66 valence electrons. The van der Waals surface area contributed by atoms with Crippen molar-refractivity contribution >= 4 is 27.5 Å². The Balaban J connectivity index is 3.28. The molecular formula is C9H11BrClN. The van der Waals surface area contributed by atoms with Gasteiger partial charge in [0.2, 0.25) is 0 Å². The van der Waals surface area contributed by atoms with Crippen molar-refractivity contribution in [2.75, 3.05) is 0 Å². The van der Waals surface area contributed by atoms with Crippen LogP contribution in [-0.2, 0) is 0 Å². The van der Waals surface area contributed by atoms with E-state index in [1.54, 1.807) is 0 Å². The predicted molar refractivity (Wildman–Crippen MR) is 56.5 cm³/mol. The van der Waals surface area contributed by atoms with Crippen molar-refractivity contribution < 1.29 is 0 Å². The molecule has 0 aliphatic rings. The summed E-state index contributed by atoms with van der Waals surface area (Å²) < 4.78 is 0.977.